The maximum Gasteiger partial charge on any atom is 0.433 e. The van der Waals surface area contributed by atoms with Gasteiger partial charge in [-0.2, -0.15) is 0 Å². The molecule has 8 nitrogen and oxygen atoms in total. The smallest absolute Gasteiger partial charge is 0.433 e. The van der Waals surface area contributed by atoms with Gasteiger partial charge in [0, 0.05) is 30.2 Å². The molecular weight excluding hydrogens is 352 g/mol. The lowest BCUT2D eigenvalue weighted by molar-refractivity contribution is -0.402. The number of nitro groups is 1. The molecule has 1 amide bonds. The third kappa shape index (κ3) is 4.46. The van der Waals surface area contributed by atoms with Crippen LogP contribution in [0.25, 0.3) is 6.08 Å². The third-order valence-electron chi connectivity index (χ3n) is 4.02. The Balaban J connectivity index is 1.65. The summed E-state index contributed by atoms with van der Waals surface area (Å²) in [7, 11) is 0. The molecular formula is C19H20N2O6. The molecule has 3 rings (SSSR count). The van der Waals surface area contributed by atoms with Gasteiger partial charge in [0.2, 0.25) is 5.91 Å². The molecule has 142 valence electrons. The van der Waals surface area contributed by atoms with Crippen molar-refractivity contribution in [2.45, 2.75) is 32.9 Å². The molecule has 1 aromatic heterocycles. The van der Waals surface area contributed by atoms with Crippen molar-refractivity contribution in [3.05, 3.63) is 57.3 Å². The molecule has 0 aliphatic carbocycles. The first-order valence-corrected chi connectivity index (χ1v) is 8.61. The van der Waals surface area contributed by atoms with Gasteiger partial charge in [-0.25, -0.2) is 0 Å². The number of furan rings is 1. The second-order valence-corrected chi connectivity index (χ2v) is 6.12. The van der Waals surface area contributed by atoms with E-state index in [1.165, 1.54) is 24.3 Å². The average Bonchev–Trinajstić information content (AvgIpc) is 3.23. The number of carbonyl (C=O) groups excluding carboxylic acids is 1. The van der Waals surface area contributed by atoms with E-state index in [4.69, 9.17) is 13.9 Å². The van der Waals surface area contributed by atoms with Gasteiger partial charge < -0.3 is 19.2 Å². The van der Waals surface area contributed by atoms with Gasteiger partial charge in [0.1, 0.15) is 28.3 Å². The Morgan fingerprint density at radius 1 is 1.44 bits per heavy atom. The Hall–Kier alpha value is -3.29. The van der Waals surface area contributed by atoms with Gasteiger partial charge in [0.25, 0.3) is 0 Å². The minimum absolute atomic E-state index is 0.125. The molecule has 1 atom stereocenters. The van der Waals surface area contributed by atoms with Crippen LogP contribution in [0.15, 0.2) is 34.8 Å². The molecule has 1 aliphatic rings. The van der Waals surface area contributed by atoms with E-state index in [-0.39, 0.29) is 30.2 Å². The highest BCUT2D eigenvalue weighted by Crippen LogP contribution is 2.35. The number of ether oxygens (including phenoxy) is 2. The molecule has 2 aromatic rings. The van der Waals surface area contributed by atoms with Crippen molar-refractivity contribution in [2.75, 3.05) is 6.61 Å². The van der Waals surface area contributed by atoms with Gasteiger partial charge in [0.05, 0.1) is 12.7 Å². The van der Waals surface area contributed by atoms with Crippen LogP contribution >= 0.6 is 0 Å². The normalized spacial score (nSPS) is 15.4. The highest BCUT2D eigenvalue weighted by molar-refractivity contribution is 5.91. The number of fused-ring (bicyclic) bond motifs is 1. The number of hydrogen-bond acceptors (Lipinski definition) is 6. The van der Waals surface area contributed by atoms with Gasteiger partial charge in [-0.3, -0.25) is 14.9 Å². The van der Waals surface area contributed by atoms with Crippen LogP contribution in [0.2, 0.25) is 0 Å². The lowest BCUT2D eigenvalue weighted by Crippen LogP contribution is -2.20. The molecule has 0 saturated heterocycles. The van der Waals surface area contributed by atoms with Crippen LogP contribution in [0.5, 0.6) is 11.5 Å². The molecule has 0 saturated carbocycles. The van der Waals surface area contributed by atoms with Crippen LogP contribution in [0.1, 0.15) is 30.7 Å². The van der Waals surface area contributed by atoms with Crippen LogP contribution in [0.4, 0.5) is 5.88 Å². The summed E-state index contributed by atoms with van der Waals surface area (Å²) in [4.78, 5) is 22.0. The number of carbonyl (C=O) groups is 1. The highest BCUT2D eigenvalue weighted by Gasteiger charge is 2.22. The van der Waals surface area contributed by atoms with E-state index in [0.29, 0.717) is 6.61 Å². The molecule has 0 radical (unpaired) electrons. The molecule has 0 unspecified atom stereocenters. The Morgan fingerprint density at radius 3 is 2.96 bits per heavy atom. The second-order valence-electron chi connectivity index (χ2n) is 6.12. The number of rotatable bonds is 7. The molecule has 8 heteroatoms. The van der Waals surface area contributed by atoms with E-state index in [9.17, 15) is 14.9 Å². The Morgan fingerprint density at radius 2 is 2.26 bits per heavy atom. The summed E-state index contributed by atoms with van der Waals surface area (Å²) in [6.45, 7) is 4.70. The maximum atomic E-state index is 12.0. The van der Waals surface area contributed by atoms with E-state index in [2.05, 4.69) is 5.32 Å². The summed E-state index contributed by atoms with van der Waals surface area (Å²) in [5.41, 5.74) is 1.92. The fourth-order valence-corrected chi connectivity index (χ4v) is 2.84. The van der Waals surface area contributed by atoms with Crippen molar-refractivity contribution < 1.29 is 23.6 Å². The monoisotopic (exact) mass is 372 g/mol. The van der Waals surface area contributed by atoms with Crippen molar-refractivity contribution >= 4 is 17.9 Å². The zero-order valence-electron chi connectivity index (χ0n) is 15.1. The molecule has 0 bridgehead atoms. The van der Waals surface area contributed by atoms with Crippen molar-refractivity contribution in [1.82, 2.24) is 5.32 Å². The van der Waals surface area contributed by atoms with Crippen LogP contribution in [0, 0.1) is 10.1 Å². The lowest BCUT2D eigenvalue weighted by Gasteiger charge is -2.12. The first-order chi connectivity index (χ1) is 13.0. The Labute approximate surface area is 155 Å². The number of benzene rings is 1. The summed E-state index contributed by atoms with van der Waals surface area (Å²) in [6, 6.07) is 6.51. The molecule has 2 heterocycles. The Bertz CT molecular complexity index is 886. The fourth-order valence-electron chi connectivity index (χ4n) is 2.84. The molecule has 0 fully saturated rings. The average molecular weight is 372 g/mol. The zero-order chi connectivity index (χ0) is 19.4. The Kier molecular flexibility index (Phi) is 5.44. The van der Waals surface area contributed by atoms with Crippen molar-refractivity contribution in [3.63, 3.8) is 0 Å². The van der Waals surface area contributed by atoms with Crippen molar-refractivity contribution in [3.8, 4) is 11.5 Å². The topological polar surface area (TPSA) is 104 Å². The number of nitrogens with zero attached hydrogens (tertiary/aromatic N) is 1. The van der Waals surface area contributed by atoms with Gasteiger partial charge in [-0.15, -0.1) is 0 Å². The second kappa shape index (κ2) is 7.94. The molecule has 27 heavy (non-hydrogen) atoms. The fraction of sp³-hybridized carbons (Fsp3) is 0.316. The van der Waals surface area contributed by atoms with Crippen LogP contribution in [0.3, 0.4) is 0 Å². The van der Waals surface area contributed by atoms with E-state index in [0.717, 1.165) is 29.0 Å². The predicted molar refractivity (Wildman–Crippen MR) is 97.6 cm³/mol. The number of nitrogens with one attached hydrogen (secondary N) is 1. The maximum absolute atomic E-state index is 12.0. The molecule has 0 spiro atoms. The quantitative estimate of drug-likeness (QED) is 0.455. The molecule has 1 aliphatic heterocycles. The van der Waals surface area contributed by atoms with Gasteiger partial charge in [0.15, 0.2) is 0 Å². The summed E-state index contributed by atoms with van der Waals surface area (Å²) in [6.07, 6.45) is 3.59. The first-order valence-electron chi connectivity index (χ1n) is 8.61. The van der Waals surface area contributed by atoms with Crippen molar-refractivity contribution in [1.29, 1.82) is 0 Å². The largest absolute Gasteiger partial charge is 0.494 e. The SMILES string of the molecule is CCOc1cc2c(cc1CNC(=O)/C=C/c1ccc([N+](=O)[O-])o1)O[C@@H](C)C2. The van der Waals surface area contributed by atoms with E-state index < -0.39 is 4.92 Å². The van der Waals surface area contributed by atoms with Gasteiger partial charge >= 0.3 is 5.88 Å². The van der Waals surface area contributed by atoms with Gasteiger partial charge in [-0.1, -0.05) is 0 Å². The van der Waals surface area contributed by atoms with E-state index >= 15 is 0 Å². The summed E-state index contributed by atoms with van der Waals surface area (Å²) < 4.78 is 16.4. The van der Waals surface area contributed by atoms with Crippen LogP contribution < -0.4 is 14.8 Å². The minimum atomic E-state index is -0.635. The zero-order valence-corrected chi connectivity index (χ0v) is 15.1. The standard InChI is InChI=1S/C19H20N2O6/c1-3-25-16-9-13-8-12(2)26-17(13)10-14(16)11-20-18(22)6-4-15-5-7-19(27-15)21(23)24/h4-7,9-10,12H,3,8,11H2,1-2H3,(H,20,22)/b6-4+/t12-/m0/s1. The number of hydrogen-bond donors (Lipinski definition) is 1. The third-order valence-corrected chi connectivity index (χ3v) is 4.02. The highest BCUT2D eigenvalue weighted by atomic mass is 16.6. The summed E-state index contributed by atoms with van der Waals surface area (Å²) >= 11 is 0. The molecule has 1 aromatic carbocycles. The van der Waals surface area contributed by atoms with Crippen molar-refractivity contribution in [2.24, 2.45) is 0 Å². The summed E-state index contributed by atoms with van der Waals surface area (Å²) in [5.74, 6) is 1.04. The van der Waals surface area contributed by atoms with Crippen LogP contribution in [-0.4, -0.2) is 23.5 Å². The first kappa shape index (κ1) is 18.5. The van der Waals surface area contributed by atoms with Crippen LogP contribution in [-0.2, 0) is 17.8 Å². The summed E-state index contributed by atoms with van der Waals surface area (Å²) in [5, 5.41) is 13.3. The molecule has 1 N–H and O–H groups in total. The lowest BCUT2D eigenvalue weighted by atomic mass is 10.1. The van der Waals surface area contributed by atoms with E-state index in [1.54, 1.807) is 0 Å². The minimum Gasteiger partial charge on any atom is -0.494 e. The number of amides is 1. The predicted octanol–water partition coefficient (Wildman–Crippen LogP) is 3.24. The van der Waals surface area contributed by atoms with Gasteiger partial charge in [-0.05, 0) is 38.1 Å². The van der Waals surface area contributed by atoms with E-state index in [1.807, 2.05) is 26.0 Å².